The van der Waals surface area contributed by atoms with Crippen molar-refractivity contribution in [1.29, 1.82) is 0 Å². The lowest BCUT2D eigenvalue weighted by molar-refractivity contribution is -0.385. The van der Waals surface area contributed by atoms with Crippen LogP contribution >= 0.6 is 0 Å². The molecule has 0 radical (unpaired) electrons. The normalized spacial score (nSPS) is 12.2. The van der Waals surface area contributed by atoms with Crippen molar-refractivity contribution < 1.29 is 23.5 Å². The van der Waals surface area contributed by atoms with Crippen LogP contribution < -0.4 is 5.32 Å². The molecule has 0 saturated heterocycles. The minimum atomic E-state index is -1.05. The van der Waals surface area contributed by atoms with E-state index in [4.69, 9.17) is 4.74 Å². The van der Waals surface area contributed by atoms with Gasteiger partial charge in [-0.25, -0.2) is 8.78 Å². The maximum Gasteiger partial charge on any atom is 0.275 e. The van der Waals surface area contributed by atoms with E-state index in [0.717, 1.165) is 0 Å². The van der Waals surface area contributed by atoms with Crippen molar-refractivity contribution in [2.75, 3.05) is 25.6 Å². The third-order valence-electron chi connectivity index (χ3n) is 2.38. The average Bonchev–Trinajstić information content (AvgIpc) is 2.32. The zero-order chi connectivity index (χ0) is 14.4. The molecule has 6 nitrogen and oxygen atoms in total. The van der Waals surface area contributed by atoms with E-state index in [1.54, 1.807) is 0 Å². The molecule has 1 aromatic rings. The number of hydrogen-bond donors (Lipinski definition) is 2. The first kappa shape index (κ1) is 15.3. The second-order valence-electron chi connectivity index (χ2n) is 3.87. The van der Waals surface area contributed by atoms with E-state index >= 15 is 0 Å². The topological polar surface area (TPSA) is 84.6 Å². The highest BCUT2D eigenvalue weighted by molar-refractivity contribution is 5.51. The minimum Gasteiger partial charge on any atom is -0.391 e. The highest BCUT2D eigenvalue weighted by atomic mass is 19.1. The van der Waals surface area contributed by atoms with Crippen molar-refractivity contribution >= 4 is 11.4 Å². The lowest BCUT2D eigenvalue weighted by Crippen LogP contribution is -2.19. The van der Waals surface area contributed by atoms with Gasteiger partial charge < -0.3 is 15.2 Å². The second kappa shape index (κ2) is 6.95. The summed E-state index contributed by atoms with van der Waals surface area (Å²) in [6.07, 6.45) is -0.523. The molecule has 0 bridgehead atoms. The molecule has 0 aliphatic rings. The smallest absolute Gasteiger partial charge is 0.275 e. The van der Waals surface area contributed by atoms with Crippen LogP contribution in [0.4, 0.5) is 20.2 Å². The van der Waals surface area contributed by atoms with Crippen LogP contribution in [0.25, 0.3) is 0 Å². The van der Waals surface area contributed by atoms with Gasteiger partial charge in [0.1, 0.15) is 5.69 Å². The van der Waals surface area contributed by atoms with E-state index in [1.165, 1.54) is 7.11 Å². The Labute approximate surface area is 108 Å². The Morgan fingerprint density at radius 2 is 2.05 bits per heavy atom. The highest BCUT2D eigenvalue weighted by Gasteiger charge is 2.16. The molecule has 0 aromatic heterocycles. The molecule has 1 rings (SSSR count). The molecule has 19 heavy (non-hydrogen) atoms. The SMILES string of the molecule is COCC(O)CCNc1c(F)cc([N+](=O)[O-])cc1F. The Balaban J connectivity index is 2.66. The molecule has 0 aliphatic carbocycles. The molecule has 0 spiro atoms. The van der Waals surface area contributed by atoms with Gasteiger partial charge in [0.25, 0.3) is 5.69 Å². The van der Waals surface area contributed by atoms with Gasteiger partial charge in [-0.1, -0.05) is 0 Å². The van der Waals surface area contributed by atoms with Crippen molar-refractivity contribution in [2.45, 2.75) is 12.5 Å². The van der Waals surface area contributed by atoms with Crippen LogP contribution in [-0.2, 0) is 4.74 Å². The number of aliphatic hydroxyl groups is 1. The molecule has 1 unspecified atom stereocenters. The minimum absolute atomic E-state index is 0.107. The van der Waals surface area contributed by atoms with Gasteiger partial charge in [0.05, 0.1) is 29.8 Å². The summed E-state index contributed by atoms with van der Waals surface area (Å²) in [6, 6.07) is 1.27. The first-order chi connectivity index (χ1) is 8.95. The standard InChI is InChI=1S/C11H14F2N2O4/c1-19-6-8(16)2-3-14-11-9(12)4-7(15(17)18)5-10(11)13/h4-5,8,14,16H,2-3,6H2,1H3. The van der Waals surface area contributed by atoms with Crippen molar-refractivity contribution in [1.82, 2.24) is 0 Å². The van der Waals surface area contributed by atoms with E-state index in [9.17, 15) is 24.0 Å². The fraction of sp³-hybridized carbons (Fsp3) is 0.455. The quantitative estimate of drug-likeness (QED) is 0.584. The number of nitrogens with one attached hydrogen (secondary N) is 1. The van der Waals surface area contributed by atoms with E-state index < -0.39 is 34.0 Å². The van der Waals surface area contributed by atoms with Crippen LogP contribution in [0.1, 0.15) is 6.42 Å². The number of aliphatic hydroxyl groups excluding tert-OH is 1. The number of anilines is 1. The Hall–Kier alpha value is -1.80. The summed E-state index contributed by atoms with van der Waals surface area (Å²) < 4.78 is 31.6. The van der Waals surface area contributed by atoms with Gasteiger partial charge in [-0.3, -0.25) is 10.1 Å². The molecular formula is C11H14F2N2O4. The van der Waals surface area contributed by atoms with E-state index in [0.29, 0.717) is 12.1 Å². The molecule has 0 saturated carbocycles. The van der Waals surface area contributed by atoms with E-state index in [1.807, 2.05) is 0 Å². The number of methoxy groups -OCH3 is 1. The number of nitro groups is 1. The summed E-state index contributed by atoms with van der Waals surface area (Å²) in [6.45, 7) is 0.225. The number of nitrogens with zero attached hydrogens (tertiary/aromatic N) is 1. The predicted octanol–water partition coefficient (Wildman–Crippen LogP) is 1.68. The number of hydrogen-bond acceptors (Lipinski definition) is 5. The van der Waals surface area contributed by atoms with Crippen LogP contribution in [0.5, 0.6) is 0 Å². The number of halogens is 2. The summed E-state index contributed by atoms with van der Waals surface area (Å²) >= 11 is 0. The molecular weight excluding hydrogens is 262 g/mol. The lowest BCUT2D eigenvalue weighted by atomic mass is 10.2. The fourth-order valence-electron chi connectivity index (χ4n) is 1.47. The van der Waals surface area contributed by atoms with Crippen molar-refractivity contribution in [3.63, 3.8) is 0 Å². The summed E-state index contributed by atoms with van der Waals surface area (Å²) in [5, 5.41) is 22.2. The van der Waals surface area contributed by atoms with Crippen molar-refractivity contribution in [3.8, 4) is 0 Å². The molecule has 0 aliphatic heterocycles. The van der Waals surface area contributed by atoms with Crippen molar-refractivity contribution in [2.24, 2.45) is 0 Å². The summed E-state index contributed by atoms with van der Waals surface area (Å²) in [4.78, 5) is 9.52. The molecule has 0 heterocycles. The number of nitro benzene ring substituents is 1. The molecule has 0 fully saturated rings. The van der Waals surface area contributed by atoms with Gasteiger partial charge in [0.2, 0.25) is 0 Å². The zero-order valence-corrected chi connectivity index (χ0v) is 10.2. The number of rotatable bonds is 7. The number of benzene rings is 1. The van der Waals surface area contributed by atoms with Crippen LogP contribution in [-0.4, -0.2) is 36.4 Å². The Morgan fingerprint density at radius 3 is 2.53 bits per heavy atom. The fourth-order valence-corrected chi connectivity index (χ4v) is 1.47. The molecule has 2 N–H and O–H groups in total. The Kier molecular flexibility index (Phi) is 5.58. The first-order valence-corrected chi connectivity index (χ1v) is 5.50. The monoisotopic (exact) mass is 276 g/mol. The number of ether oxygens (including phenoxy) is 1. The number of non-ortho nitro benzene ring substituents is 1. The van der Waals surface area contributed by atoms with Crippen LogP contribution in [0, 0.1) is 21.7 Å². The van der Waals surface area contributed by atoms with Crippen LogP contribution in [0.3, 0.4) is 0 Å². The maximum absolute atomic E-state index is 13.4. The zero-order valence-electron chi connectivity index (χ0n) is 10.2. The van der Waals surface area contributed by atoms with Gasteiger partial charge in [-0.2, -0.15) is 0 Å². The Bertz CT molecular complexity index is 433. The van der Waals surface area contributed by atoms with Gasteiger partial charge >= 0.3 is 0 Å². The predicted molar refractivity (Wildman–Crippen MR) is 64.0 cm³/mol. The van der Waals surface area contributed by atoms with Gasteiger partial charge in [-0.05, 0) is 6.42 Å². The largest absolute Gasteiger partial charge is 0.391 e. The molecule has 0 amide bonds. The first-order valence-electron chi connectivity index (χ1n) is 5.50. The molecule has 8 heteroatoms. The van der Waals surface area contributed by atoms with Gasteiger partial charge in [-0.15, -0.1) is 0 Å². The molecule has 1 aromatic carbocycles. The van der Waals surface area contributed by atoms with Gasteiger partial charge in [0.15, 0.2) is 11.6 Å². The summed E-state index contributed by atoms with van der Waals surface area (Å²) in [7, 11) is 1.42. The van der Waals surface area contributed by atoms with E-state index in [-0.39, 0.29) is 19.6 Å². The summed E-state index contributed by atoms with van der Waals surface area (Å²) in [5.74, 6) is -2.10. The van der Waals surface area contributed by atoms with Crippen LogP contribution in [0.2, 0.25) is 0 Å². The summed E-state index contributed by atoms with van der Waals surface area (Å²) in [5.41, 5.74) is -1.10. The van der Waals surface area contributed by atoms with Crippen molar-refractivity contribution in [3.05, 3.63) is 33.9 Å². The second-order valence-corrected chi connectivity index (χ2v) is 3.87. The average molecular weight is 276 g/mol. The third-order valence-corrected chi connectivity index (χ3v) is 2.38. The van der Waals surface area contributed by atoms with Crippen LogP contribution in [0.15, 0.2) is 12.1 Å². The Morgan fingerprint density at radius 1 is 1.47 bits per heavy atom. The highest BCUT2D eigenvalue weighted by Crippen LogP contribution is 2.24. The molecule has 1 atom stereocenters. The maximum atomic E-state index is 13.4. The molecule has 106 valence electrons. The van der Waals surface area contributed by atoms with Gasteiger partial charge in [0, 0.05) is 13.7 Å². The lowest BCUT2D eigenvalue weighted by Gasteiger charge is -2.12. The third kappa shape index (κ3) is 4.42. The van der Waals surface area contributed by atoms with E-state index in [2.05, 4.69) is 5.32 Å².